The summed E-state index contributed by atoms with van der Waals surface area (Å²) in [5, 5.41) is 9.79. The van der Waals surface area contributed by atoms with E-state index in [1.54, 1.807) is 31.3 Å². The van der Waals surface area contributed by atoms with Crippen LogP contribution >= 0.6 is 0 Å². The number of sulfonamides is 1. The van der Waals surface area contributed by atoms with Crippen LogP contribution in [0.2, 0.25) is 0 Å². The van der Waals surface area contributed by atoms with Crippen molar-refractivity contribution in [2.24, 2.45) is 11.8 Å². The maximum absolute atomic E-state index is 13.6. The number of fused-ring (bicyclic) bond motifs is 1. The van der Waals surface area contributed by atoms with Crippen molar-refractivity contribution in [1.82, 2.24) is 14.2 Å². The highest BCUT2D eigenvalue weighted by Gasteiger charge is 2.38. The van der Waals surface area contributed by atoms with Crippen molar-refractivity contribution >= 4 is 10.0 Å². The van der Waals surface area contributed by atoms with Crippen LogP contribution in [0, 0.1) is 23.7 Å². The molecule has 2 heterocycles. The first-order valence-electron chi connectivity index (χ1n) is 11.8. The van der Waals surface area contributed by atoms with Gasteiger partial charge in [0.15, 0.2) is 0 Å². The molecule has 1 aliphatic heterocycles. The number of benzene rings is 1. The van der Waals surface area contributed by atoms with Gasteiger partial charge in [0.1, 0.15) is 16.7 Å². The van der Waals surface area contributed by atoms with Gasteiger partial charge in [-0.15, -0.1) is 0 Å². The van der Waals surface area contributed by atoms with Crippen molar-refractivity contribution in [1.29, 1.82) is 0 Å². The topological polar surface area (TPSA) is 83.0 Å². The summed E-state index contributed by atoms with van der Waals surface area (Å²) in [6.45, 7) is 4.97. The number of nitrogens with zero attached hydrogens (tertiary/aromatic N) is 3. The van der Waals surface area contributed by atoms with Crippen molar-refractivity contribution in [3.05, 3.63) is 53.9 Å². The van der Waals surface area contributed by atoms with Gasteiger partial charge in [0.25, 0.3) is 0 Å². The Kier molecular flexibility index (Phi) is 7.58. The second-order valence-corrected chi connectivity index (χ2v) is 11.3. The zero-order chi connectivity index (χ0) is 24.3. The second-order valence-electron chi connectivity index (χ2n) is 9.46. The maximum atomic E-state index is 13.6. The van der Waals surface area contributed by atoms with Crippen molar-refractivity contribution in [3.63, 3.8) is 0 Å². The highest BCUT2D eigenvalue weighted by molar-refractivity contribution is 7.89. The molecule has 0 bridgehead atoms. The van der Waals surface area contributed by atoms with Crippen LogP contribution in [0.5, 0.6) is 5.75 Å². The lowest BCUT2D eigenvalue weighted by atomic mass is 10.0. The molecular weight excluding hydrogens is 450 g/mol. The monoisotopic (exact) mass is 483 g/mol. The lowest BCUT2D eigenvalue weighted by Crippen LogP contribution is -2.49. The molecule has 182 valence electrons. The van der Waals surface area contributed by atoms with Crippen LogP contribution in [0.1, 0.15) is 37.9 Å². The van der Waals surface area contributed by atoms with Crippen molar-refractivity contribution in [3.8, 4) is 17.6 Å². The molecule has 4 rings (SSSR count). The van der Waals surface area contributed by atoms with Crippen LogP contribution in [0.15, 0.2) is 47.5 Å². The van der Waals surface area contributed by atoms with Crippen molar-refractivity contribution in [2.45, 2.75) is 50.3 Å². The van der Waals surface area contributed by atoms with E-state index in [4.69, 9.17) is 4.74 Å². The first-order chi connectivity index (χ1) is 16.3. The number of hydrogen-bond donors (Lipinski definition) is 1. The standard InChI is InChI=1S/C26H33N3O4S/c1-19-15-29(20(2)18-30)34(31,32)26-12-11-22(10-9-21-7-8-21)14-24(26)33-25(19)17-28(3)16-23-6-4-5-13-27-23/h4-6,11-14,19-21,25,30H,7-8,15-18H2,1-3H3/t19-,20+,25+/m0/s1. The molecule has 8 heteroatoms. The normalized spacial score (nSPS) is 23.1. The SMILES string of the molecule is C[C@H](CO)N1C[C@H](C)[C@@H](CN(C)Cc2ccccn2)Oc2cc(C#CC3CC3)ccc2S1(=O)=O. The third kappa shape index (κ3) is 5.78. The van der Waals surface area contributed by atoms with E-state index in [9.17, 15) is 13.5 Å². The number of aliphatic hydroxyl groups excluding tert-OH is 1. The molecule has 0 saturated heterocycles. The first kappa shape index (κ1) is 24.7. The van der Waals surface area contributed by atoms with E-state index in [1.807, 2.05) is 32.2 Å². The minimum absolute atomic E-state index is 0.107. The summed E-state index contributed by atoms with van der Waals surface area (Å²) in [5.41, 5.74) is 1.70. The number of hydrogen-bond acceptors (Lipinski definition) is 6. The molecule has 0 amide bonds. The van der Waals surface area contributed by atoms with E-state index in [2.05, 4.69) is 21.7 Å². The highest BCUT2D eigenvalue weighted by atomic mass is 32.2. The van der Waals surface area contributed by atoms with Gasteiger partial charge >= 0.3 is 0 Å². The Morgan fingerprint density at radius 3 is 2.76 bits per heavy atom. The average Bonchev–Trinajstić information content (AvgIpc) is 3.64. The Balaban J connectivity index is 1.66. The third-order valence-electron chi connectivity index (χ3n) is 6.31. The molecule has 3 atom stereocenters. The van der Waals surface area contributed by atoms with Crippen LogP contribution in [0.3, 0.4) is 0 Å². The van der Waals surface area contributed by atoms with Gasteiger partial charge in [0.2, 0.25) is 10.0 Å². The smallest absolute Gasteiger partial charge is 0.247 e. The largest absolute Gasteiger partial charge is 0.487 e. The summed E-state index contributed by atoms with van der Waals surface area (Å²) in [7, 11) is -1.84. The van der Waals surface area contributed by atoms with Crippen LogP contribution in [-0.4, -0.2) is 66.6 Å². The fourth-order valence-corrected chi connectivity index (χ4v) is 5.90. The predicted molar refractivity (Wildman–Crippen MR) is 131 cm³/mol. The number of pyridine rings is 1. The van der Waals surface area contributed by atoms with Gasteiger partial charge in [-0.05, 0) is 57.1 Å². The van der Waals surface area contributed by atoms with Gasteiger partial charge in [0, 0.05) is 49.3 Å². The highest BCUT2D eigenvalue weighted by Crippen LogP contribution is 2.34. The van der Waals surface area contributed by atoms with Crippen molar-refractivity contribution in [2.75, 3.05) is 26.7 Å². The van der Waals surface area contributed by atoms with Crippen LogP contribution in [0.4, 0.5) is 0 Å². The Morgan fingerprint density at radius 2 is 2.09 bits per heavy atom. The minimum atomic E-state index is -3.85. The van der Waals surface area contributed by atoms with Crippen LogP contribution < -0.4 is 4.74 Å². The van der Waals surface area contributed by atoms with Gasteiger partial charge in [-0.3, -0.25) is 9.88 Å². The van der Waals surface area contributed by atoms with Gasteiger partial charge in [-0.25, -0.2) is 8.42 Å². The Morgan fingerprint density at radius 1 is 1.29 bits per heavy atom. The van der Waals surface area contributed by atoms with Crippen molar-refractivity contribution < 1.29 is 18.3 Å². The van der Waals surface area contributed by atoms with E-state index < -0.39 is 16.1 Å². The lowest BCUT2D eigenvalue weighted by Gasteiger charge is -2.37. The number of aliphatic hydroxyl groups is 1. The van der Waals surface area contributed by atoms with Gasteiger partial charge in [0.05, 0.1) is 12.3 Å². The number of rotatable bonds is 6. The predicted octanol–water partition coefficient (Wildman–Crippen LogP) is 2.74. The van der Waals surface area contributed by atoms with E-state index in [1.165, 1.54) is 4.31 Å². The zero-order valence-electron chi connectivity index (χ0n) is 20.0. The summed E-state index contributed by atoms with van der Waals surface area (Å²) in [6.07, 6.45) is 3.76. The molecule has 2 aromatic rings. The Bertz CT molecular complexity index is 1160. The maximum Gasteiger partial charge on any atom is 0.247 e. The van der Waals surface area contributed by atoms with E-state index in [-0.39, 0.29) is 30.1 Å². The number of likely N-dealkylation sites (N-methyl/N-ethyl adjacent to an activating group) is 1. The zero-order valence-corrected chi connectivity index (χ0v) is 20.8. The molecule has 1 N–H and O–H groups in total. The Hall–Kier alpha value is -2.44. The minimum Gasteiger partial charge on any atom is -0.487 e. The second kappa shape index (κ2) is 10.4. The Labute approximate surface area is 202 Å². The fourth-order valence-electron chi connectivity index (χ4n) is 4.07. The third-order valence-corrected chi connectivity index (χ3v) is 8.33. The first-order valence-corrected chi connectivity index (χ1v) is 13.3. The van der Waals surface area contributed by atoms with Gasteiger partial charge in [-0.2, -0.15) is 4.31 Å². The summed E-state index contributed by atoms with van der Waals surface area (Å²) in [5.74, 6) is 7.06. The van der Waals surface area contributed by atoms with Gasteiger partial charge in [-0.1, -0.05) is 24.8 Å². The van der Waals surface area contributed by atoms with Crippen LogP contribution in [0.25, 0.3) is 0 Å². The summed E-state index contributed by atoms with van der Waals surface area (Å²) >= 11 is 0. The fraction of sp³-hybridized carbons (Fsp3) is 0.500. The molecule has 0 radical (unpaired) electrons. The number of ether oxygens (including phenoxy) is 1. The van der Waals surface area contributed by atoms with Gasteiger partial charge < -0.3 is 9.84 Å². The lowest BCUT2D eigenvalue weighted by molar-refractivity contribution is 0.0730. The molecule has 1 aromatic heterocycles. The molecule has 2 aliphatic rings. The summed E-state index contributed by atoms with van der Waals surface area (Å²) in [4.78, 5) is 6.66. The molecule has 7 nitrogen and oxygen atoms in total. The molecule has 0 unspecified atom stereocenters. The molecule has 1 fully saturated rings. The quantitative estimate of drug-likeness (QED) is 0.637. The molecule has 1 aliphatic carbocycles. The average molecular weight is 484 g/mol. The molecule has 0 spiro atoms. The van der Waals surface area contributed by atoms with E-state index in [0.29, 0.717) is 24.8 Å². The number of aromatic nitrogens is 1. The molecular formula is C26H33N3O4S. The molecule has 1 aromatic carbocycles. The summed E-state index contributed by atoms with van der Waals surface area (Å²) < 4.78 is 34.9. The van der Waals surface area contributed by atoms with E-state index >= 15 is 0 Å². The molecule has 34 heavy (non-hydrogen) atoms. The van der Waals surface area contributed by atoms with E-state index in [0.717, 1.165) is 24.1 Å². The van der Waals surface area contributed by atoms with Crippen LogP contribution in [-0.2, 0) is 16.6 Å². The summed E-state index contributed by atoms with van der Waals surface area (Å²) in [6, 6.07) is 10.4. The molecule has 1 saturated carbocycles.